The smallest absolute Gasteiger partial charge is 0.847 e. The molecule has 0 spiro atoms. The molecule has 0 aliphatic heterocycles. The van der Waals surface area contributed by atoms with E-state index in [9.17, 15) is 19.8 Å². The van der Waals surface area contributed by atoms with Crippen LogP contribution < -0.4 is 34.7 Å². The summed E-state index contributed by atoms with van der Waals surface area (Å²) in [6, 6.07) is 0. The number of aliphatic hydroxyl groups is 5. The summed E-state index contributed by atoms with van der Waals surface area (Å²) < 4.78 is 9.59. The summed E-state index contributed by atoms with van der Waals surface area (Å²) in [6.45, 7) is -2.32. The van der Waals surface area contributed by atoms with Crippen LogP contribution in [0.5, 0.6) is 0 Å². The molecule has 11 heteroatoms. The van der Waals surface area contributed by atoms with Gasteiger partial charge in [0.25, 0.3) is 0 Å². The topological polar surface area (TPSA) is 177 Å². The van der Waals surface area contributed by atoms with Crippen molar-refractivity contribution in [1.82, 2.24) is 0 Å². The standard InChI is InChI=1S/C13H23O10.Na/c14-3-1-2-11(20)23-13(9(19)5-16)12(21)10(6-17)22-7-8(18)4-15;/h6,8-10,12-16,18-19H,1-5,7H2;/q-1;+1/t8?,9-,10+,12-,13-;/m1./s1. The predicted octanol–water partition coefficient (Wildman–Crippen LogP) is -7.31. The first-order chi connectivity index (χ1) is 10.9. The summed E-state index contributed by atoms with van der Waals surface area (Å²) in [4.78, 5) is 22.4. The summed E-state index contributed by atoms with van der Waals surface area (Å²) in [5, 5.41) is 57.1. The van der Waals surface area contributed by atoms with Gasteiger partial charge in [0, 0.05) is 13.0 Å². The monoisotopic (exact) mass is 362 g/mol. The molecule has 0 rings (SSSR count). The molecule has 10 nitrogen and oxygen atoms in total. The van der Waals surface area contributed by atoms with Crippen LogP contribution in [-0.2, 0) is 19.1 Å². The van der Waals surface area contributed by atoms with Gasteiger partial charge in [-0.15, -0.1) is 0 Å². The average Bonchev–Trinajstić information content (AvgIpc) is 2.56. The predicted molar refractivity (Wildman–Crippen MR) is 72.0 cm³/mol. The Hall–Kier alpha value is -0.140. The first kappa shape index (κ1) is 26.1. The van der Waals surface area contributed by atoms with Crippen LogP contribution in [0.2, 0.25) is 0 Å². The Morgan fingerprint density at radius 2 is 1.79 bits per heavy atom. The Morgan fingerprint density at radius 3 is 2.25 bits per heavy atom. The van der Waals surface area contributed by atoms with Crippen molar-refractivity contribution in [1.29, 1.82) is 0 Å². The molecule has 24 heavy (non-hydrogen) atoms. The van der Waals surface area contributed by atoms with Crippen LogP contribution in [0.4, 0.5) is 0 Å². The maximum absolute atomic E-state index is 12.2. The van der Waals surface area contributed by atoms with Gasteiger partial charge in [0.05, 0.1) is 19.8 Å². The van der Waals surface area contributed by atoms with Crippen LogP contribution in [0.25, 0.3) is 0 Å². The second-order valence-corrected chi connectivity index (χ2v) is 4.77. The number of carbonyl (C=O) groups excluding carboxylic acids is 2. The molecule has 0 fully saturated rings. The van der Waals surface area contributed by atoms with Gasteiger partial charge in [-0.1, -0.05) is 6.10 Å². The summed E-state index contributed by atoms with van der Waals surface area (Å²) in [5.74, 6) is -0.891. The van der Waals surface area contributed by atoms with Gasteiger partial charge in [-0.05, 0) is 6.42 Å². The van der Waals surface area contributed by atoms with Crippen LogP contribution in [-0.4, -0.2) is 94.7 Å². The Labute approximate surface area is 161 Å². The fourth-order valence-corrected chi connectivity index (χ4v) is 1.58. The Kier molecular flexibility index (Phi) is 16.5. The van der Waals surface area contributed by atoms with Gasteiger partial charge in [-0.3, -0.25) is 4.79 Å². The number of hydrogen-bond donors (Lipinski definition) is 5. The van der Waals surface area contributed by atoms with Crippen molar-refractivity contribution in [3.63, 3.8) is 0 Å². The van der Waals surface area contributed by atoms with E-state index in [-0.39, 0.29) is 55.3 Å². The zero-order chi connectivity index (χ0) is 17.8. The molecule has 0 radical (unpaired) electrons. The van der Waals surface area contributed by atoms with E-state index >= 15 is 0 Å². The van der Waals surface area contributed by atoms with Crippen molar-refractivity contribution in [2.45, 2.75) is 43.4 Å². The largest absolute Gasteiger partial charge is 1.00 e. The summed E-state index contributed by atoms with van der Waals surface area (Å²) in [5.41, 5.74) is 0. The fraction of sp³-hybridized carbons (Fsp3) is 0.846. The van der Waals surface area contributed by atoms with Crippen molar-refractivity contribution in [3.05, 3.63) is 0 Å². The third kappa shape index (κ3) is 9.99. The number of esters is 1. The van der Waals surface area contributed by atoms with Gasteiger partial charge in [0.2, 0.25) is 0 Å². The second kappa shape index (κ2) is 15.1. The van der Waals surface area contributed by atoms with Gasteiger partial charge in [-0.25, -0.2) is 0 Å². The van der Waals surface area contributed by atoms with Crippen LogP contribution in [0.15, 0.2) is 0 Å². The van der Waals surface area contributed by atoms with Crippen LogP contribution in [0.1, 0.15) is 12.8 Å². The molecule has 0 amide bonds. The van der Waals surface area contributed by atoms with Crippen molar-refractivity contribution < 1.29 is 79.3 Å². The second-order valence-electron chi connectivity index (χ2n) is 4.77. The number of rotatable bonds is 13. The van der Waals surface area contributed by atoms with Gasteiger partial charge in [0.15, 0.2) is 0 Å². The van der Waals surface area contributed by atoms with Crippen molar-refractivity contribution in [2.24, 2.45) is 0 Å². The van der Waals surface area contributed by atoms with E-state index in [0.29, 0.717) is 0 Å². The number of aliphatic hydroxyl groups excluding tert-OH is 5. The minimum atomic E-state index is -2.06. The molecular formula is C13H23NaO10. The van der Waals surface area contributed by atoms with E-state index in [4.69, 9.17) is 29.9 Å². The minimum absolute atomic E-state index is 0. The molecule has 5 atom stereocenters. The number of carbonyl (C=O) groups is 2. The third-order valence-electron chi connectivity index (χ3n) is 2.85. The zero-order valence-electron chi connectivity index (χ0n) is 13.5. The number of hydrogen-bond acceptors (Lipinski definition) is 10. The van der Waals surface area contributed by atoms with E-state index in [0.717, 1.165) is 0 Å². The average molecular weight is 362 g/mol. The van der Waals surface area contributed by atoms with Crippen molar-refractivity contribution in [3.8, 4) is 0 Å². The number of aldehydes is 1. The quantitative estimate of drug-likeness (QED) is 0.120. The van der Waals surface area contributed by atoms with Crippen molar-refractivity contribution in [2.75, 3.05) is 26.4 Å². The molecule has 0 aliphatic carbocycles. The normalized spacial score (nSPS) is 17.1. The van der Waals surface area contributed by atoms with Gasteiger partial charge >= 0.3 is 35.5 Å². The SMILES string of the molecule is O=C[C@H](OCC(O)CO)[C@@H]([O-])[C@H](OC(=O)CCCO)[C@H](O)CO.[Na+]. The van der Waals surface area contributed by atoms with E-state index in [1.807, 2.05) is 0 Å². The first-order valence-corrected chi connectivity index (χ1v) is 7.02. The molecule has 0 aromatic rings. The van der Waals surface area contributed by atoms with E-state index in [1.165, 1.54) is 0 Å². The summed E-state index contributed by atoms with van der Waals surface area (Å²) in [7, 11) is 0. The molecule has 1 unspecified atom stereocenters. The molecule has 0 aliphatic rings. The Morgan fingerprint density at radius 1 is 1.17 bits per heavy atom. The van der Waals surface area contributed by atoms with Gasteiger partial charge in [0.1, 0.15) is 30.7 Å². The van der Waals surface area contributed by atoms with E-state index < -0.39 is 56.3 Å². The van der Waals surface area contributed by atoms with Gasteiger partial charge in [-0.2, -0.15) is 0 Å². The van der Waals surface area contributed by atoms with E-state index in [1.54, 1.807) is 0 Å². The molecule has 0 saturated heterocycles. The molecular weight excluding hydrogens is 339 g/mol. The van der Waals surface area contributed by atoms with Crippen LogP contribution in [0.3, 0.4) is 0 Å². The molecule has 0 aromatic carbocycles. The molecule has 0 saturated carbocycles. The Bertz CT molecular complexity index is 343. The first-order valence-electron chi connectivity index (χ1n) is 7.02. The Balaban J connectivity index is 0. The maximum Gasteiger partial charge on any atom is 1.00 e. The maximum atomic E-state index is 12.2. The summed E-state index contributed by atoms with van der Waals surface area (Å²) >= 11 is 0. The minimum Gasteiger partial charge on any atom is -0.847 e. The fourth-order valence-electron chi connectivity index (χ4n) is 1.58. The van der Waals surface area contributed by atoms with Crippen LogP contribution in [0, 0.1) is 0 Å². The molecule has 0 heterocycles. The zero-order valence-corrected chi connectivity index (χ0v) is 15.5. The van der Waals surface area contributed by atoms with Gasteiger partial charge < -0.3 is 44.9 Å². The molecule has 0 aromatic heterocycles. The molecule has 136 valence electrons. The van der Waals surface area contributed by atoms with Crippen molar-refractivity contribution >= 4 is 12.3 Å². The van der Waals surface area contributed by atoms with Crippen LogP contribution >= 0.6 is 0 Å². The number of ether oxygens (including phenoxy) is 2. The third-order valence-corrected chi connectivity index (χ3v) is 2.85. The molecule has 0 bridgehead atoms. The summed E-state index contributed by atoms with van der Waals surface area (Å²) in [6.07, 6.45) is -8.55. The molecule has 5 N–H and O–H groups in total. The van der Waals surface area contributed by atoms with E-state index in [2.05, 4.69) is 0 Å².